The van der Waals surface area contributed by atoms with E-state index in [9.17, 15) is 4.39 Å². The van der Waals surface area contributed by atoms with E-state index >= 15 is 0 Å². The van der Waals surface area contributed by atoms with E-state index < -0.39 is 0 Å². The third kappa shape index (κ3) is 1.84. The summed E-state index contributed by atoms with van der Waals surface area (Å²) in [7, 11) is 0. The minimum Gasteiger partial charge on any atom is -0.207 e. The van der Waals surface area contributed by atoms with Gasteiger partial charge in [-0.3, -0.25) is 0 Å². The van der Waals surface area contributed by atoms with Crippen molar-refractivity contribution in [3.8, 4) is 0 Å². The van der Waals surface area contributed by atoms with Gasteiger partial charge in [-0.05, 0) is 30.9 Å². The van der Waals surface area contributed by atoms with Crippen molar-refractivity contribution in [1.29, 1.82) is 0 Å². The first kappa shape index (κ1) is 7.80. The number of rotatable bonds is 1. The molecule has 1 unspecified atom stereocenters. The molecular formula is C8H10ClF. The van der Waals surface area contributed by atoms with Gasteiger partial charge in [-0.15, -0.1) is 0 Å². The van der Waals surface area contributed by atoms with Gasteiger partial charge >= 0.3 is 0 Å². The molecule has 1 rings (SSSR count). The van der Waals surface area contributed by atoms with Crippen molar-refractivity contribution in [3.05, 3.63) is 23.0 Å². The summed E-state index contributed by atoms with van der Waals surface area (Å²) in [5.74, 6) is 0.112. The van der Waals surface area contributed by atoms with E-state index in [1.54, 1.807) is 6.08 Å². The van der Waals surface area contributed by atoms with Crippen LogP contribution in [0.3, 0.4) is 0 Å². The third-order valence-electron chi connectivity index (χ3n) is 1.67. The Hall–Kier alpha value is -0.300. The summed E-state index contributed by atoms with van der Waals surface area (Å²) >= 11 is 5.67. The first-order chi connectivity index (χ1) is 4.72. The van der Waals surface area contributed by atoms with Crippen LogP contribution in [0.4, 0.5) is 4.39 Å². The van der Waals surface area contributed by atoms with Gasteiger partial charge < -0.3 is 0 Å². The van der Waals surface area contributed by atoms with E-state index in [1.807, 2.05) is 6.92 Å². The summed E-state index contributed by atoms with van der Waals surface area (Å²) in [4.78, 5) is 0. The van der Waals surface area contributed by atoms with Gasteiger partial charge in [-0.1, -0.05) is 18.5 Å². The molecule has 0 amide bonds. The van der Waals surface area contributed by atoms with Crippen LogP contribution in [0.1, 0.15) is 19.8 Å². The quantitative estimate of drug-likeness (QED) is 0.552. The minimum absolute atomic E-state index is 0.192. The van der Waals surface area contributed by atoms with Crippen LogP contribution in [0.25, 0.3) is 0 Å². The van der Waals surface area contributed by atoms with Crippen molar-refractivity contribution in [1.82, 2.24) is 0 Å². The molecule has 0 spiro atoms. The molecule has 56 valence electrons. The maximum absolute atomic E-state index is 12.6. The third-order valence-corrected chi connectivity index (χ3v) is 1.93. The molecule has 1 aliphatic carbocycles. The Kier molecular flexibility index (Phi) is 2.50. The highest BCUT2D eigenvalue weighted by Crippen LogP contribution is 2.27. The molecule has 0 aliphatic heterocycles. The van der Waals surface area contributed by atoms with Crippen LogP contribution >= 0.6 is 11.6 Å². The Balaban J connectivity index is 2.67. The van der Waals surface area contributed by atoms with Crippen molar-refractivity contribution in [2.24, 2.45) is 5.92 Å². The van der Waals surface area contributed by atoms with Gasteiger partial charge in [0.2, 0.25) is 0 Å². The largest absolute Gasteiger partial charge is 0.207 e. The summed E-state index contributed by atoms with van der Waals surface area (Å²) in [6.45, 7) is 2.03. The number of halogens is 2. The molecule has 0 saturated heterocycles. The van der Waals surface area contributed by atoms with Gasteiger partial charge in [-0.25, -0.2) is 4.39 Å². The van der Waals surface area contributed by atoms with Crippen LogP contribution < -0.4 is 0 Å². The molecule has 0 nitrogen and oxygen atoms in total. The fraction of sp³-hybridized carbons (Fsp3) is 0.500. The molecule has 0 heterocycles. The van der Waals surface area contributed by atoms with Crippen LogP contribution in [0, 0.1) is 5.92 Å². The van der Waals surface area contributed by atoms with Gasteiger partial charge in [0.05, 0.1) is 0 Å². The second-order valence-electron chi connectivity index (χ2n) is 2.52. The van der Waals surface area contributed by atoms with Crippen molar-refractivity contribution in [3.63, 3.8) is 0 Å². The van der Waals surface area contributed by atoms with E-state index in [4.69, 9.17) is 11.6 Å². The summed E-state index contributed by atoms with van der Waals surface area (Å²) in [6, 6.07) is 0. The van der Waals surface area contributed by atoms with Crippen molar-refractivity contribution in [2.75, 3.05) is 0 Å². The summed E-state index contributed by atoms with van der Waals surface area (Å²) in [5.41, 5.74) is 0. The van der Waals surface area contributed by atoms with E-state index in [0.717, 1.165) is 12.8 Å². The number of hydrogen-bond donors (Lipinski definition) is 0. The smallest absolute Gasteiger partial charge is 0.120 e. The molecule has 0 N–H and O–H groups in total. The number of hydrogen-bond acceptors (Lipinski definition) is 0. The normalized spacial score (nSPS) is 25.7. The van der Waals surface area contributed by atoms with E-state index in [1.165, 1.54) is 6.08 Å². The molecule has 0 aromatic carbocycles. The van der Waals surface area contributed by atoms with Crippen molar-refractivity contribution >= 4 is 11.6 Å². The molecular weight excluding hydrogens is 151 g/mol. The Morgan fingerprint density at radius 3 is 3.00 bits per heavy atom. The zero-order valence-corrected chi connectivity index (χ0v) is 6.66. The highest BCUT2D eigenvalue weighted by molar-refractivity contribution is 6.29. The molecule has 10 heavy (non-hydrogen) atoms. The summed E-state index contributed by atoms with van der Waals surface area (Å²) < 4.78 is 12.6. The standard InChI is InChI=1S/C8H10ClF/c1-2-6-3-7(9)5-8(10)4-6/h4-6H,2-3H2,1H3. The second-order valence-corrected chi connectivity index (χ2v) is 3.00. The minimum atomic E-state index is -0.192. The topological polar surface area (TPSA) is 0 Å². The first-order valence-electron chi connectivity index (χ1n) is 3.45. The predicted octanol–water partition coefficient (Wildman–Crippen LogP) is 3.39. The zero-order valence-electron chi connectivity index (χ0n) is 5.90. The van der Waals surface area contributed by atoms with E-state index in [-0.39, 0.29) is 5.83 Å². The fourth-order valence-corrected chi connectivity index (χ4v) is 1.36. The van der Waals surface area contributed by atoms with Crippen LogP contribution in [0.15, 0.2) is 23.0 Å². The van der Waals surface area contributed by atoms with Gasteiger partial charge in [0.15, 0.2) is 0 Å². The summed E-state index contributed by atoms with van der Waals surface area (Å²) in [5, 5.41) is 0.631. The fourth-order valence-electron chi connectivity index (χ4n) is 1.05. The van der Waals surface area contributed by atoms with E-state index in [0.29, 0.717) is 11.0 Å². The monoisotopic (exact) mass is 160 g/mol. The van der Waals surface area contributed by atoms with Crippen molar-refractivity contribution < 1.29 is 4.39 Å². The molecule has 2 heteroatoms. The lowest BCUT2D eigenvalue weighted by Gasteiger charge is -2.12. The van der Waals surface area contributed by atoms with Crippen LogP contribution in [-0.2, 0) is 0 Å². The molecule has 1 aliphatic rings. The van der Waals surface area contributed by atoms with Crippen LogP contribution in [0.2, 0.25) is 0 Å². The number of allylic oxidation sites excluding steroid dienone is 4. The Morgan fingerprint density at radius 1 is 1.80 bits per heavy atom. The molecule has 0 saturated carbocycles. The predicted molar refractivity (Wildman–Crippen MR) is 41.5 cm³/mol. The molecule has 1 atom stereocenters. The zero-order chi connectivity index (χ0) is 7.56. The molecule has 0 aromatic rings. The van der Waals surface area contributed by atoms with Crippen LogP contribution in [0.5, 0.6) is 0 Å². The Labute approximate surface area is 65.4 Å². The average molecular weight is 161 g/mol. The highest BCUT2D eigenvalue weighted by atomic mass is 35.5. The lowest BCUT2D eigenvalue weighted by molar-refractivity contribution is 0.572. The molecule has 0 fully saturated rings. The Morgan fingerprint density at radius 2 is 2.50 bits per heavy atom. The first-order valence-corrected chi connectivity index (χ1v) is 3.83. The average Bonchev–Trinajstić information content (AvgIpc) is 1.85. The molecule has 0 bridgehead atoms. The van der Waals surface area contributed by atoms with Gasteiger partial charge in [-0.2, -0.15) is 0 Å². The maximum atomic E-state index is 12.6. The molecule has 0 radical (unpaired) electrons. The van der Waals surface area contributed by atoms with Gasteiger partial charge in [0, 0.05) is 5.03 Å². The Bertz CT molecular complexity index is 182. The summed E-state index contributed by atoms with van der Waals surface area (Å²) in [6.07, 6.45) is 4.77. The molecule has 0 aromatic heterocycles. The lowest BCUT2D eigenvalue weighted by atomic mass is 9.98. The SMILES string of the molecule is CCC1C=C(F)C=C(Cl)C1. The van der Waals surface area contributed by atoms with E-state index in [2.05, 4.69) is 0 Å². The van der Waals surface area contributed by atoms with Crippen molar-refractivity contribution in [2.45, 2.75) is 19.8 Å². The maximum Gasteiger partial charge on any atom is 0.120 e. The van der Waals surface area contributed by atoms with Gasteiger partial charge in [0.1, 0.15) is 5.83 Å². The highest BCUT2D eigenvalue weighted by Gasteiger charge is 2.11. The lowest BCUT2D eigenvalue weighted by Crippen LogP contribution is -1.99. The van der Waals surface area contributed by atoms with Gasteiger partial charge in [0.25, 0.3) is 0 Å². The second kappa shape index (κ2) is 3.20. The van der Waals surface area contributed by atoms with Crippen LogP contribution in [-0.4, -0.2) is 0 Å².